The van der Waals surface area contributed by atoms with E-state index < -0.39 is 9.73 Å². The van der Waals surface area contributed by atoms with Crippen molar-refractivity contribution in [1.29, 1.82) is 0 Å². The molecule has 144 valence electrons. The van der Waals surface area contributed by atoms with E-state index in [1.165, 1.54) is 0 Å². The second-order valence-electron chi connectivity index (χ2n) is 7.30. The normalized spacial score (nSPS) is 22.9. The fraction of sp³-hybridized carbons (Fsp3) is 0.684. The zero-order valence-corrected chi connectivity index (χ0v) is 17.0. The first kappa shape index (κ1) is 19.1. The number of anilines is 1. The number of H-pyrrole nitrogens is 1. The topological polar surface area (TPSA) is 74.2 Å². The van der Waals surface area contributed by atoms with Crippen LogP contribution in [0.3, 0.4) is 0 Å². The third-order valence-corrected chi connectivity index (χ3v) is 8.08. The van der Waals surface area contributed by atoms with Crippen molar-refractivity contribution >= 4 is 26.6 Å². The van der Waals surface area contributed by atoms with Crippen LogP contribution in [0.4, 0.5) is 5.82 Å². The van der Waals surface area contributed by atoms with Crippen molar-refractivity contribution in [3.63, 3.8) is 0 Å². The van der Waals surface area contributed by atoms with Crippen LogP contribution in [0, 0.1) is 5.92 Å². The van der Waals surface area contributed by atoms with Gasteiger partial charge in [-0.1, -0.05) is 13.8 Å². The van der Waals surface area contributed by atoms with Gasteiger partial charge in [0, 0.05) is 47.1 Å². The second kappa shape index (κ2) is 8.37. The number of aromatic amines is 1. The minimum absolute atomic E-state index is 0.476. The smallest absolute Gasteiger partial charge is 0.142 e. The lowest BCUT2D eigenvalue weighted by atomic mass is 9.86. The van der Waals surface area contributed by atoms with Crippen molar-refractivity contribution in [2.24, 2.45) is 10.3 Å². The Bertz CT molecular complexity index is 831. The van der Waals surface area contributed by atoms with Crippen LogP contribution in [-0.2, 0) is 9.73 Å². The van der Waals surface area contributed by atoms with Crippen LogP contribution in [-0.4, -0.2) is 50.3 Å². The third kappa shape index (κ3) is 4.19. The van der Waals surface area contributed by atoms with E-state index in [-0.39, 0.29) is 0 Å². The summed E-state index contributed by atoms with van der Waals surface area (Å²) < 4.78 is 17.5. The van der Waals surface area contributed by atoms with E-state index in [4.69, 9.17) is 0 Å². The zero-order valence-electron chi connectivity index (χ0n) is 16.1. The summed E-state index contributed by atoms with van der Waals surface area (Å²) in [4.78, 5) is 14.2. The maximum absolute atomic E-state index is 12.9. The van der Waals surface area contributed by atoms with Crippen LogP contribution in [0.15, 0.2) is 23.0 Å². The molecule has 2 heterocycles. The Morgan fingerprint density at radius 2 is 2.04 bits per heavy atom. The van der Waals surface area contributed by atoms with E-state index in [9.17, 15) is 4.21 Å². The van der Waals surface area contributed by atoms with E-state index in [0.29, 0.717) is 17.7 Å². The van der Waals surface area contributed by atoms with Gasteiger partial charge in [-0.3, -0.25) is 0 Å². The third-order valence-electron chi connectivity index (χ3n) is 5.53. The van der Waals surface area contributed by atoms with E-state index in [0.717, 1.165) is 61.3 Å². The van der Waals surface area contributed by atoms with Gasteiger partial charge in [0.25, 0.3) is 0 Å². The summed E-state index contributed by atoms with van der Waals surface area (Å²) in [5.41, 5.74) is 0.885. The molecule has 1 saturated carbocycles. The van der Waals surface area contributed by atoms with Gasteiger partial charge in [0.2, 0.25) is 0 Å². The van der Waals surface area contributed by atoms with Gasteiger partial charge in [-0.2, -0.15) is 0 Å². The Morgan fingerprint density at radius 3 is 2.73 bits per heavy atom. The molecule has 7 heteroatoms. The lowest BCUT2D eigenvalue weighted by Gasteiger charge is -2.35. The fourth-order valence-electron chi connectivity index (χ4n) is 3.90. The summed E-state index contributed by atoms with van der Waals surface area (Å²) in [6.07, 6.45) is 8.98. The predicted molar refractivity (Wildman–Crippen MR) is 109 cm³/mol. The largest absolute Gasteiger partial charge is 0.356 e. The highest BCUT2D eigenvalue weighted by atomic mass is 32.2. The highest BCUT2D eigenvalue weighted by molar-refractivity contribution is 7.93. The first-order chi connectivity index (χ1) is 12.6. The summed E-state index contributed by atoms with van der Waals surface area (Å²) in [5.74, 6) is 2.98. The molecule has 1 aliphatic carbocycles. The van der Waals surface area contributed by atoms with Gasteiger partial charge in [-0.25, -0.2) is 18.5 Å². The maximum Gasteiger partial charge on any atom is 0.142 e. The highest BCUT2D eigenvalue weighted by Crippen LogP contribution is 2.32. The summed E-state index contributed by atoms with van der Waals surface area (Å²) in [6.45, 7) is 4.83. The highest BCUT2D eigenvalue weighted by Gasteiger charge is 2.27. The van der Waals surface area contributed by atoms with Crippen molar-refractivity contribution in [2.45, 2.75) is 52.0 Å². The number of hydrogen-bond acceptors (Lipinski definition) is 5. The Kier molecular flexibility index (Phi) is 6.16. The summed E-state index contributed by atoms with van der Waals surface area (Å²) in [5, 5.41) is 1.07. The van der Waals surface area contributed by atoms with Crippen LogP contribution < -0.4 is 4.90 Å². The molecule has 26 heavy (non-hydrogen) atoms. The van der Waals surface area contributed by atoms with Crippen molar-refractivity contribution in [3.05, 3.63) is 18.6 Å². The molecule has 0 bridgehead atoms. The van der Waals surface area contributed by atoms with Crippen LogP contribution in [0.2, 0.25) is 0 Å². The first-order valence-electron chi connectivity index (χ1n) is 9.75. The van der Waals surface area contributed by atoms with Gasteiger partial charge in [0.1, 0.15) is 17.8 Å². The van der Waals surface area contributed by atoms with Gasteiger partial charge >= 0.3 is 0 Å². The van der Waals surface area contributed by atoms with Gasteiger partial charge in [-0.15, -0.1) is 0 Å². The Labute approximate surface area is 157 Å². The summed E-state index contributed by atoms with van der Waals surface area (Å²) >= 11 is 0. The molecule has 0 saturated heterocycles. The summed E-state index contributed by atoms with van der Waals surface area (Å²) in [7, 11) is 0.117. The molecule has 0 aromatic carbocycles. The lowest BCUT2D eigenvalue weighted by Crippen LogP contribution is -2.37. The molecule has 0 spiro atoms. The molecule has 3 rings (SSSR count). The van der Waals surface area contributed by atoms with Crippen molar-refractivity contribution in [3.8, 4) is 0 Å². The van der Waals surface area contributed by atoms with Crippen LogP contribution >= 0.6 is 0 Å². The number of rotatable bonds is 7. The Balaban J connectivity index is 1.63. The number of nitrogens with one attached hydrogen (secondary N) is 1. The average Bonchev–Trinajstić information content (AvgIpc) is 3.15. The van der Waals surface area contributed by atoms with Gasteiger partial charge in [-0.05, 0) is 44.1 Å². The summed E-state index contributed by atoms with van der Waals surface area (Å²) in [6, 6.07) is 2.52. The standard InChI is InChI=1S/C19H31N5OS/c1-4-11-23-26(25,5-2)13-15-6-8-16(9-7-15)24(3)19-17-10-12-20-18(17)21-14-22-19/h10,12,14-16H,4-9,11,13H2,1-3H3,(H,20,21,22). The van der Waals surface area contributed by atoms with Crippen molar-refractivity contribution in [1.82, 2.24) is 15.0 Å². The molecule has 1 atom stereocenters. The molecule has 0 radical (unpaired) electrons. The zero-order chi connectivity index (χ0) is 18.6. The van der Waals surface area contributed by atoms with Gasteiger partial charge in [0.15, 0.2) is 0 Å². The molecule has 1 aliphatic rings. The minimum Gasteiger partial charge on any atom is -0.356 e. The van der Waals surface area contributed by atoms with E-state index in [1.807, 2.05) is 19.2 Å². The SMILES string of the molecule is CCCN=S(=O)(CC)CC1CCC(N(C)c2ncnc3[nH]ccc23)CC1. The van der Waals surface area contributed by atoms with Gasteiger partial charge in [0.05, 0.1) is 5.39 Å². The molecule has 1 unspecified atom stereocenters. The molecular weight excluding hydrogens is 346 g/mol. The van der Waals surface area contributed by atoms with E-state index >= 15 is 0 Å². The second-order valence-corrected chi connectivity index (χ2v) is 10.0. The fourth-order valence-corrected chi connectivity index (χ4v) is 6.01. The average molecular weight is 378 g/mol. The molecule has 2 aromatic heterocycles. The van der Waals surface area contributed by atoms with Crippen LogP contribution in [0.1, 0.15) is 46.0 Å². The molecule has 1 N–H and O–H groups in total. The Morgan fingerprint density at radius 1 is 1.27 bits per heavy atom. The predicted octanol–water partition coefficient (Wildman–Crippen LogP) is 3.85. The number of hydrogen-bond donors (Lipinski definition) is 1. The molecule has 1 fully saturated rings. The first-order valence-corrected chi connectivity index (χ1v) is 11.6. The number of fused-ring (bicyclic) bond motifs is 1. The van der Waals surface area contributed by atoms with E-state index in [1.54, 1.807) is 6.33 Å². The van der Waals surface area contributed by atoms with Crippen LogP contribution in [0.5, 0.6) is 0 Å². The molecule has 0 amide bonds. The maximum atomic E-state index is 12.9. The number of aromatic nitrogens is 3. The number of nitrogens with zero attached hydrogens (tertiary/aromatic N) is 4. The monoisotopic (exact) mass is 377 g/mol. The quantitative estimate of drug-likeness (QED) is 0.795. The van der Waals surface area contributed by atoms with Crippen molar-refractivity contribution < 1.29 is 4.21 Å². The van der Waals surface area contributed by atoms with E-state index in [2.05, 4.69) is 38.2 Å². The molecular formula is C19H31N5OS. The van der Waals surface area contributed by atoms with Crippen LogP contribution in [0.25, 0.3) is 11.0 Å². The molecule has 6 nitrogen and oxygen atoms in total. The molecule has 2 aromatic rings. The lowest BCUT2D eigenvalue weighted by molar-refractivity contribution is 0.342. The van der Waals surface area contributed by atoms with Crippen molar-refractivity contribution in [2.75, 3.05) is 30.0 Å². The Hall–Kier alpha value is -1.63. The molecule has 0 aliphatic heterocycles. The van der Waals surface area contributed by atoms with Gasteiger partial charge < -0.3 is 9.88 Å². The minimum atomic E-state index is -2.01.